The van der Waals surface area contributed by atoms with Crippen molar-refractivity contribution >= 4 is 21.8 Å². The van der Waals surface area contributed by atoms with Gasteiger partial charge in [-0.2, -0.15) is 16.1 Å². The van der Waals surface area contributed by atoms with E-state index in [1.807, 2.05) is 30.8 Å². The molecule has 1 aromatic heterocycles. The minimum atomic E-state index is -3.45. The van der Waals surface area contributed by atoms with Gasteiger partial charge >= 0.3 is 0 Å². The van der Waals surface area contributed by atoms with Gasteiger partial charge in [-0.15, -0.1) is 0 Å². The number of nitrogens with zero attached hydrogens (tertiary/aromatic N) is 3. The summed E-state index contributed by atoms with van der Waals surface area (Å²) in [5.41, 5.74) is 0. The quantitative estimate of drug-likeness (QED) is 0.834. The monoisotopic (exact) mass is 315 g/mol. The molecular formula is C13H21N3O2S2. The predicted molar refractivity (Wildman–Crippen MR) is 82.4 cm³/mol. The summed E-state index contributed by atoms with van der Waals surface area (Å²) < 4.78 is 27.2. The molecule has 0 spiro atoms. The van der Waals surface area contributed by atoms with Crippen LogP contribution in [0.5, 0.6) is 0 Å². The van der Waals surface area contributed by atoms with E-state index in [4.69, 9.17) is 0 Å². The van der Waals surface area contributed by atoms with E-state index in [1.54, 1.807) is 22.6 Å². The van der Waals surface area contributed by atoms with Crippen LogP contribution in [-0.4, -0.2) is 67.3 Å². The van der Waals surface area contributed by atoms with Gasteiger partial charge in [0, 0.05) is 37.3 Å². The van der Waals surface area contributed by atoms with E-state index >= 15 is 0 Å². The highest BCUT2D eigenvalue weighted by Crippen LogP contribution is 2.24. The highest BCUT2D eigenvalue weighted by Gasteiger charge is 2.32. The molecule has 2 rings (SSSR count). The summed E-state index contributed by atoms with van der Waals surface area (Å²) in [6.45, 7) is 1.33. The first-order valence-corrected chi connectivity index (χ1v) is 9.25. The molecule has 0 bridgehead atoms. The minimum Gasteiger partial charge on any atom is -0.308 e. The predicted octanol–water partition coefficient (Wildman–Crippen LogP) is 1.14. The van der Waals surface area contributed by atoms with Crippen LogP contribution in [0.4, 0.5) is 0 Å². The van der Waals surface area contributed by atoms with Crippen molar-refractivity contribution in [2.75, 3.05) is 38.7 Å². The van der Waals surface area contributed by atoms with Crippen molar-refractivity contribution in [3.8, 4) is 0 Å². The Kier molecular flexibility index (Phi) is 5.42. The standard InChI is InChI=1S/C13H21N3O2S2/c1-15(2)10-12-11-19-8-4-7-16(12)20(17,18)13-5-3-6-14-9-13/h3,5-6,9,12H,4,7-8,10-11H2,1-2H3. The van der Waals surface area contributed by atoms with Gasteiger partial charge in [0.25, 0.3) is 0 Å². The molecule has 20 heavy (non-hydrogen) atoms. The number of rotatable bonds is 4. The van der Waals surface area contributed by atoms with Crippen molar-refractivity contribution in [2.24, 2.45) is 0 Å². The van der Waals surface area contributed by atoms with Gasteiger partial charge in [0.05, 0.1) is 0 Å². The van der Waals surface area contributed by atoms with Crippen molar-refractivity contribution in [1.29, 1.82) is 0 Å². The molecular weight excluding hydrogens is 294 g/mol. The Morgan fingerprint density at radius 3 is 2.95 bits per heavy atom. The van der Waals surface area contributed by atoms with Crippen LogP contribution in [0.25, 0.3) is 0 Å². The highest BCUT2D eigenvalue weighted by molar-refractivity contribution is 7.99. The van der Waals surface area contributed by atoms with Crippen LogP contribution in [0.15, 0.2) is 29.4 Å². The van der Waals surface area contributed by atoms with Gasteiger partial charge in [0.2, 0.25) is 10.0 Å². The van der Waals surface area contributed by atoms with Gasteiger partial charge in [0.1, 0.15) is 4.90 Å². The molecule has 1 saturated heterocycles. The van der Waals surface area contributed by atoms with E-state index < -0.39 is 10.0 Å². The molecule has 0 amide bonds. The molecule has 1 fully saturated rings. The van der Waals surface area contributed by atoms with Crippen LogP contribution in [0.3, 0.4) is 0 Å². The molecule has 0 radical (unpaired) electrons. The third-order valence-electron chi connectivity index (χ3n) is 3.20. The second-order valence-corrected chi connectivity index (χ2v) is 8.19. The van der Waals surface area contributed by atoms with Crippen LogP contribution < -0.4 is 0 Å². The fourth-order valence-electron chi connectivity index (χ4n) is 2.32. The first kappa shape index (κ1) is 15.8. The topological polar surface area (TPSA) is 53.5 Å². The van der Waals surface area contributed by atoms with Gasteiger partial charge in [-0.25, -0.2) is 8.42 Å². The first-order chi connectivity index (χ1) is 9.51. The Morgan fingerprint density at radius 1 is 1.50 bits per heavy atom. The van der Waals surface area contributed by atoms with Gasteiger partial charge in [-0.1, -0.05) is 0 Å². The number of hydrogen-bond acceptors (Lipinski definition) is 5. The molecule has 5 nitrogen and oxygen atoms in total. The zero-order valence-electron chi connectivity index (χ0n) is 11.9. The molecule has 7 heteroatoms. The molecule has 1 unspecified atom stereocenters. The Balaban J connectivity index is 2.30. The lowest BCUT2D eigenvalue weighted by Crippen LogP contribution is -2.46. The summed E-state index contributed by atoms with van der Waals surface area (Å²) >= 11 is 1.83. The molecule has 0 N–H and O–H groups in total. The maximum atomic E-state index is 12.8. The number of thioether (sulfide) groups is 1. The van der Waals surface area contributed by atoms with Gasteiger partial charge in [-0.3, -0.25) is 4.98 Å². The zero-order valence-corrected chi connectivity index (χ0v) is 13.5. The normalized spacial score (nSPS) is 21.9. The van der Waals surface area contributed by atoms with Crippen LogP contribution in [-0.2, 0) is 10.0 Å². The average molecular weight is 315 g/mol. The van der Waals surface area contributed by atoms with E-state index in [-0.39, 0.29) is 10.9 Å². The van der Waals surface area contributed by atoms with Crippen molar-refractivity contribution in [3.05, 3.63) is 24.5 Å². The molecule has 2 heterocycles. The second-order valence-electron chi connectivity index (χ2n) is 5.15. The summed E-state index contributed by atoms with van der Waals surface area (Å²) in [7, 11) is 0.504. The Hall–Kier alpha value is -0.630. The van der Waals surface area contributed by atoms with Crippen LogP contribution in [0.2, 0.25) is 0 Å². The van der Waals surface area contributed by atoms with Crippen LogP contribution in [0, 0.1) is 0 Å². The van der Waals surface area contributed by atoms with Crippen LogP contribution >= 0.6 is 11.8 Å². The zero-order chi connectivity index (χ0) is 14.6. The molecule has 1 aromatic rings. The van der Waals surface area contributed by atoms with E-state index in [1.165, 1.54) is 6.20 Å². The number of likely N-dealkylation sites (N-methyl/N-ethyl adjacent to an activating group) is 1. The van der Waals surface area contributed by atoms with E-state index in [2.05, 4.69) is 4.98 Å². The minimum absolute atomic E-state index is 0.0164. The maximum absolute atomic E-state index is 12.8. The van der Waals surface area contributed by atoms with Crippen molar-refractivity contribution < 1.29 is 8.42 Å². The number of aromatic nitrogens is 1. The summed E-state index contributed by atoms with van der Waals surface area (Å²) in [6.07, 6.45) is 3.92. The van der Waals surface area contributed by atoms with E-state index in [0.717, 1.165) is 24.5 Å². The average Bonchev–Trinajstić information content (AvgIpc) is 2.65. The molecule has 1 aliphatic rings. The highest BCUT2D eigenvalue weighted by atomic mass is 32.2. The molecule has 112 valence electrons. The third-order valence-corrected chi connectivity index (χ3v) is 6.33. The second kappa shape index (κ2) is 6.89. The molecule has 0 saturated carbocycles. The molecule has 0 aromatic carbocycles. The fourth-order valence-corrected chi connectivity index (χ4v) is 5.09. The van der Waals surface area contributed by atoms with Crippen molar-refractivity contribution in [2.45, 2.75) is 17.4 Å². The lowest BCUT2D eigenvalue weighted by atomic mass is 10.3. The summed E-state index contributed by atoms with van der Waals surface area (Å²) in [5, 5.41) is 0. The summed E-state index contributed by atoms with van der Waals surface area (Å²) in [4.78, 5) is 6.27. The summed E-state index contributed by atoms with van der Waals surface area (Å²) in [6, 6.07) is 3.30. The Morgan fingerprint density at radius 2 is 2.30 bits per heavy atom. The summed E-state index contributed by atoms with van der Waals surface area (Å²) in [5.74, 6) is 1.86. The van der Waals surface area contributed by atoms with Crippen molar-refractivity contribution in [3.63, 3.8) is 0 Å². The largest absolute Gasteiger partial charge is 0.308 e. The molecule has 1 atom stereocenters. The van der Waals surface area contributed by atoms with Gasteiger partial charge in [-0.05, 0) is 38.4 Å². The lowest BCUT2D eigenvalue weighted by molar-refractivity contribution is 0.271. The first-order valence-electron chi connectivity index (χ1n) is 6.66. The van der Waals surface area contributed by atoms with Gasteiger partial charge in [0.15, 0.2) is 0 Å². The molecule has 1 aliphatic heterocycles. The lowest BCUT2D eigenvalue weighted by Gasteiger charge is -2.30. The fraction of sp³-hybridized carbons (Fsp3) is 0.615. The SMILES string of the molecule is CN(C)CC1CSCCCN1S(=O)(=O)c1cccnc1. The number of hydrogen-bond donors (Lipinski definition) is 0. The van der Waals surface area contributed by atoms with Gasteiger partial charge < -0.3 is 4.90 Å². The number of pyridine rings is 1. The third kappa shape index (κ3) is 3.72. The van der Waals surface area contributed by atoms with Crippen molar-refractivity contribution in [1.82, 2.24) is 14.2 Å². The smallest absolute Gasteiger partial charge is 0.244 e. The van der Waals surface area contributed by atoms with Crippen LogP contribution in [0.1, 0.15) is 6.42 Å². The maximum Gasteiger partial charge on any atom is 0.244 e. The Bertz CT molecular complexity index is 520. The Labute approximate surface area is 125 Å². The molecule has 0 aliphatic carbocycles. The van der Waals surface area contributed by atoms with E-state index in [9.17, 15) is 8.42 Å². The van der Waals surface area contributed by atoms with E-state index in [0.29, 0.717) is 6.54 Å². The number of sulfonamides is 1.